The van der Waals surface area contributed by atoms with Crippen molar-refractivity contribution in [2.45, 2.75) is 10.7 Å². The summed E-state index contributed by atoms with van der Waals surface area (Å²) in [5.41, 5.74) is 12.8. The number of hydrogen-bond acceptors (Lipinski definition) is 1. The average Bonchev–Trinajstić information content (AvgIpc) is 3.08. The summed E-state index contributed by atoms with van der Waals surface area (Å²) >= 11 is 7.16. The van der Waals surface area contributed by atoms with E-state index in [0.29, 0.717) is 0 Å². The molecule has 0 unspecified atom stereocenters. The molecule has 0 atom stereocenters. The summed E-state index contributed by atoms with van der Waals surface area (Å²) in [6, 6.07) is 50.4. The number of pyridine rings is 1. The van der Waals surface area contributed by atoms with Crippen molar-refractivity contribution in [2.75, 3.05) is 0 Å². The van der Waals surface area contributed by atoms with Gasteiger partial charge in [-0.3, -0.25) is 0 Å². The van der Waals surface area contributed by atoms with E-state index in [9.17, 15) is 0 Å². The standard InChI is InChI=1S/C39H27Br2N/c40-24-26-12-16-28(17-13-26)32-21-33(29-18-14-27(25-41)15-19-29)23-34(22-32)30-6-5-7-31(20-30)39-37-10-2-1-8-35(37)36-9-3-4-11-38(36)42-39/h1-23H,24-25H2. The van der Waals surface area contributed by atoms with E-state index in [1.807, 2.05) is 0 Å². The van der Waals surface area contributed by atoms with Crippen molar-refractivity contribution >= 4 is 53.5 Å². The zero-order valence-corrected chi connectivity index (χ0v) is 26.1. The van der Waals surface area contributed by atoms with Crippen LogP contribution >= 0.6 is 31.9 Å². The van der Waals surface area contributed by atoms with Gasteiger partial charge in [-0.1, -0.05) is 141 Å². The molecule has 0 spiro atoms. The molecule has 0 aliphatic rings. The molecule has 1 heterocycles. The molecule has 202 valence electrons. The van der Waals surface area contributed by atoms with Crippen LogP contribution < -0.4 is 0 Å². The summed E-state index contributed by atoms with van der Waals surface area (Å²) in [4.78, 5) is 5.16. The lowest BCUT2D eigenvalue weighted by Gasteiger charge is -2.14. The van der Waals surface area contributed by atoms with Crippen molar-refractivity contribution in [3.63, 3.8) is 0 Å². The minimum atomic E-state index is 0.850. The van der Waals surface area contributed by atoms with Crippen LogP contribution in [0.25, 0.3) is 66.3 Å². The van der Waals surface area contributed by atoms with E-state index >= 15 is 0 Å². The Hall–Kier alpha value is -4.05. The molecular weight excluding hydrogens is 642 g/mol. The van der Waals surface area contributed by atoms with Gasteiger partial charge in [-0.05, 0) is 80.2 Å². The maximum atomic E-state index is 5.16. The molecule has 0 aliphatic carbocycles. The molecule has 7 rings (SSSR count). The molecule has 0 aliphatic heterocycles. The molecule has 0 saturated carbocycles. The van der Waals surface area contributed by atoms with Crippen LogP contribution in [0.5, 0.6) is 0 Å². The van der Waals surface area contributed by atoms with Crippen molar-refractivity contribution < 1.29 is 0 Å². The lowest BCUT2D eigenvalue weighted by Crippen LogP contribution is -1.91. The molecule has 1 aromatic heterocycles. The number of halogens is 2. The van der Waals surface area contributed by atoms with E-state index in [1.165, 1.54) is 60.7 Å². The summed E-state index contributed by atoms with van der Waals surface area (Å²) in [6.07, 6.45) is 0. The summed E-state index contributed by atoms with van der Waals surface area (Å²) in [5, 5.41) is 5.28. The molecule has 0 radical (unpaired) electrons. The number of alkyl halides is 2. The van der Waals surface area contributed by atoms with E-state index in [0.717, 1.165) is 27.4 Å². The van der Waals surface area contributed by atoms with Gasteiger partial charge in [0.25, 0.3) is 0 Å². The Kier molecular flexibility index (Phi) is 7.46. The molecule has 42 heavy (non-hydrogen) atoms. The number of fused-ring (bicyclic) bond motifs is 3. The second-order valence-electron chi connectivity index (χ2n) is 10.6. The lowest BCUT2D eigenvalue weighted by molar-refractivity contribution is 1.42. The van der Waals surface area contributed by atoms with Gasteiger partial charge in [0, 0.05) is 27.0 Å². The second-order valence-corrected chi connectivity index (χ2v) is 11.7. The van der Waals surface area contributed by atoms with Crippen molar-refractivity contribution in [3.8, 4) is 44.6 Å². The first kappa shape index (κ1) is 26.8. The molecule has 0 N–H and O–H groups in total. The summed E-state index contributed by atoms with van der Waals surface area (Å²) in [5.74, 6) is 0. The van der Waals surface area contributed by atoms with Gasteiger partial charge >= 0.3 is 0 Å². The third kappa shape index (κ3) is 5.19. The monoisotopic (exact) mass is 667 g/mol. The largest absolute Gasteiger partial charge is 0.247 e. The summed E-state index contributed by atoms with van der Waals surface area (Å²) in [7, 11) is 0. The number of benzene rings is 6. The molecule has 0 saturated heterocycles. The minimum absolute atomic E-state index is 0.850. The van der Waals surface area contributed by atoms with Crippen LogP contribution in [0.4, 0.5) is 0 Å². The summed E-state index contributed by atoms with van der Waals surface area (Å²) in [6.45, 7) is 0. The van der Waals surface area contributed by atoms with Crippen LogP contribution in [-0.2, 0) is 10.7 Å². The zero-order chi connectivity index (χ0) is 28.5. The molecule has 0 fully saturated rings. The van der Waals surface area contributed by atoms with E-state index < -0.39 is 0 Å². The van der Waals surface area contributed by atoms with Gasteiger partial charge in [0.2, 0.25) is 0 Å². The van der Waals surface area contributed by atoms with Crippen molar-refractivity contribution in [2.24, 2.45) is 0 Å². The maximum Gasteiger partial charge on any atom is 0.0788 e. The van der Waals surface area contributed by atoms with Crippen molar-refractivity contribution in [3.05, 3.63) is 151 Å². The Labute approximate surface area is 263 Å². The van der Waals surface area contributed by atoms with Gasteiger partial charge in [0.1, 0.15) is 0 Å². The highest BCUT2D eigenvalue weighted by Gasteiger charge is 2.13. The highest BCUT2D eigenvalue weighted by molar-refractivity contribution is 9.08. The topological polar surface area (TPSA) is 12.9 Å². The van der Waals surface area contributed by atoms with Gasteiger partial charge in [0.05, 0.1) is 11.2 Å². The molecule has 7 aromatic rings. The predicted octanol–water partition coefficient (Wildman–Crippen LogP) is 11.8. The van der Waals surface area contributed by atoms with Gasteiger partial charge in [0.15, 0.2) is 0 Å². The van der Waals surface area contributed by atoms with Gasteiger partial charge < -0.3 is 0 Å². The fraction of sp³-hybridized carbons (Fsp3) is 0.0513. The smallest absolute Gasteiger partial charge is 0.0788 e. The van der Waals surface area contributed by atoms with Gasteiger partial charge in [-0.2, -0.15) is 0 Å². The molecule has 0 bridgehead atoms. The fourth-order valence-corrected chi connectivity index (χ4v) is 6.42. The van der Waals surface area contributed by atoms with E-state index in [1.54, 1.807) is 0 Å². The minimum Gasteiger partial charge on any atom is -0.247 e. The number of hydrogen-bond donors (Lipinski definition) is 0. The fourth-order valence-electron chi connectivity index (χ4n) is 5.67. The SMILES string of the molecule is BrCc1ccc(-c2cc(-c3ccc(CBr)cc3)cc(-c3cccc(-c4nc5ccccc5c5ccccc45)c3)c2)cc1. The number of para-hydroxylation sites is 1. The van der Waals surface area contributed by atoms with Crippen LogP contribution in [0.2, 0.25) is 0 Å². The van der Waals surface area contributed by atoms with Crippen LogP contribution in [0.15, 0.2) is 140 Å². The highest BCUT2D eigenvalue weighted by Crippen LogP contribution is 2.37. The Morgan fingerprint density at radius 3 is 1.45 bits per heavy atom. The summed E-state index contributed by atoms with van der Waals surface area (Å²) < 4.78 is 0. The predicted molar refractivity (Wildman–Crippen MR) is 186 cm³/mol. The van der Waals surface area contributed by atoms with E-state index in [-0.39, 0.29) is 0 Å². The Morgan fingerprint density at radius 1 is 0.381 bits per heavy atom. The van der Waals surface area contributed by atoms with Gasteiger partial charge in [-0.25, -0.2) is 4.98 Å². The molecular formula is C39H27Br2N. The average molecular weight is 669 g/mol. The van der Waals surface area contributed by atoms with Crippen LogP contribution in [0.3, 0.4) is 0 Å². The molecule has 6 aromatic carbocycles. The first-order chi connectivity index (χ1) is 20.7. The Balaban J connectivity index is 1.39. The quantitative estimate of drug-likeness (QED) is 0.127. The Morgan fingerprint density at radius 2 is 0.857 bits per heavy atom. The van der Waals surface area contributed by atoms with Crippen molar-refractivity contribution in [1.82, 2.24) is 4.98 Å². The first-order valence-corrected chi connectivity index (χ1v) is 16.3. The second kappa shape index (κ2) is 11.7. The van der Waals surface area contributed by atoms with Crippen molar-refractivity contribution in [1.29, 1.82) is 0 Å². The lowest BCUT2D eigenvalue weighted by atomic mass is 9.91. The van der Waals surface area contributed by atoms with Crippen LogP contribution in [-0.4, -0.2) is 4.98 Å². The third-order valence-corrected chi connectivity index (χ3v) is 9.19. The normalized spacial score (nSPS) is 11.3. The maximum absolute atomic E-state index is 5.16. The number of aromatic nitrogens is 1. The van der Waals surface area contributed by atoms with Crippen LogP contribution in [0.1, 0.15) is 11.1 Å². The van der Waals surface area contributed by atoms with E-state index in [4.69, 9.17) is 4.98 Å². The highest BCUT2D eigenvalue weighted by atomic mass is 79.9. The third-order valence-electron chi connectivity index (χ3n) is 7.89. The molecule has 3 heteroatoms. The van der Waals surface area contributed by atoms with E-state index in [2.05, 4.69) is 171 Å². The van der Waals surface area contributed by atoms with Gasteiger partial charge in [-0.15, -0.1) is 0 Å². The zero-order valence-electron chi connectivity index (χ0n) is 22.9. The number of rotatable bonds is 6. The Bertz CT molecular complexity index is 1980. The molecule has 0 amide bonds. The van der Waals surface area contributed by atoms with Crippen LogP contribution in [0, 0.1) is 0 Å². The number of nitrogens with zero attached hydrogens (tertiary/aromatic N) is 1. The molecule has 1 nitrogen and oxygen atoms in total. The first-order valence-electron chi connectivity index (χ1n) is 14.0.